The van der Waals surface area contributed by atoms with E-state index < -0.39 is 0 Å². The Kier molecular flexibility index (Phi) is 4.78. The summed E-state index contributed by atoms with van der Waals surface area (Å²) in [5.74, 6) is -0.123. The first-order valence-corrected chi connectivity index (χ1v) is 5.56. The number of carbonyl (C=O) groups is 1. The predicted molar refractivity (Wildman–Crippen MR) is 64.0 cm³/mol. The molecule has 0 saturated heterocycles. The number of halogens is 1. The van der Waals surface area contributed by atoms with E-state index >= 15 is 0 Å². The lowest BCUT2D eigenvalue weighted by Gasteiger charge is -2.08. The van der Waals surface area contributed by atoms with Gasteiger partial charge in [0.2, 0.25) is 5.91 Å². The van der Waals surface area contributed by atoms with Crippen molar-refractivity contribution >= 4 is 27.5 Å². The Hall–Kier alpha value is -0.870. The molecule has 0 radical (unpaired) electrons. The number of hydrogen-bond donors (Lipinski definition) is 1. The molecule has 0 bridgehead atoms. The third kappa shape index (κ3) is 4.01. The molecule has 0 atom stereocenters. The fourth-order valence-corrected chi connectivity index (χ4v) is 1.62. The summed E-state index contributed by atoms with van der Waals surface area (Å²) in [5.41, 5.74) is 1.84. The van der Waals surface area contributed by atoms with Gasteiger partial charge >= 0.3 is 0 Å². The minimum absolute atomic E-state index is 0.103. The molecule has 0 saturated carbocycles. The van der Waals surface area contributed by atoms with E-state index in [0.29, 0.717) is 6.61 Å². The maximum Gasteiger partial charge on any atom is 0.250 e. The van der Waals surface area contributed by atoms with Gasteiger partial charge in [-0.05, 0) is 37.6 Å². The summed E-state index contributed by atoms with van der Waals surface area (Å²) < 4.78 is 6.01. The monoisotopic (exact) mass is 271 g/mol. The number of ether oxygens (including phenoxy) is 1. The third-order valence-electron chi connectivity index (χ3n) is 1.90. The Morgan fingerprint density at radius 3 is 2.87 bits per heavy atom. The number of nitrogens with one attached hydrogen (secondary N) is 1. The summed E-state index contributed by atoms with van der Waals surface area (Å²) in [6.07, 6.45) is 0. The average Bonchev–Trinajstić information content (AvgIpc) is 2.19. The summed E-state index contributed by atoms with van der Waals surface area (Å²) >= 11 is 3.37. The molecule has 1 aromatic rings. The Morgan fingerprint density at radius 2 is 2.27 bits per heavy atom. The summed E-state index contributed by atoms with van der Waals surface area (Å²) in [6, 6.07) is 5.71. The van der Waals surface area contributed by atoms with Gasteiger partial charge in [-0.1, -0.05) is 15.9 Å². The van der Waals surface area contributed by atoms with Crippen LogP contribution in [0.15, 0.2) is 22.7 Å². The van der Waals surface area contributed by atoms with Crippen molar-refractivity contribution in [3.63, 3.8) is 0 Å². The number of benzene rings is 1. The van der Waals surface area contributed by atoms with Crippen LogP contribution in [0.2, 0.25) is 0 Å². The Bertz CT molecular complexity index is 352. The number of carbonyl (C=O) groups excluding carboxylic acids is 1. The Balaban J connectivity index is 2.60. The van der Waals surface area contributed by atoms with Crippen molar-refractivity contribution in [2.24, 2.45) is 0 Å². The van der Waals surface area contributed by atoms with Crippen LogP contribution in [0.5, 0.6) is 0 Å². The van der Waals surface area contributed by atoms with Gasteiger partial charge in [-0.3, -0.25) is 4.79 Å². The lowest BCUT2D eigenvalue weighted by Crippen LogP contribution is -2.18. The van der Waals surface area contributed by atoms with Gasteiger partial charge in [-0.2, -0.15) is 0 Å². The second-order valence-corrected chi connectivity index (χ2v) is 4.06. The minimum atomic E-state index is -0.123. The van der Waals surface area contributed by atoms with Gasteiger partial charge < -0.3 is 10.1 Å². The van der Waals surface area contributed by atoms with Gasteiger partial charge in [0.25, 0.3) is 0 Å². The van der Waals surface area contributed by atoms with Crippen molar-refractivity contribution in [1.29, 1.82) is 0 Å². The second kappa shape index (κ2) is 5.88. The van der Waals surface area contributed by atoms with Gasteiger partial charge in [-0.25, -0.2) is 0 Å². The van der Waals surface area contributed by atoms with Gasteiger partial charge in [-0.15, -0.1) is 0 Å². The molecule has 1 N–H and O–H groups in total. The lowest BCUT2D eigenvalue weighted by atomic mass is 10.2. The molecule has 1 aromatic carbocycles. The molecule has 1 amide bonds. The van der Waals surface area contributed by atoms with Crippen LogP contribution in [-0.4, -0.2) is 19.1 Å². The zero-order valence-electron chi connectivity index (χ0n) is 8.84. The van der Waals surface area contributed by atoms with Crippen LogP contribution in [0.4, 0.5) is 5.69 Å². The molecule has 3 nitrogen and oxygen atoms in total. The van der Waals surface area contributed by atoms with Crippen molar-refractivity contribution in [2.75, 3.05) is 18.5 Å². The van der Waals surface area contributed by atoms with Crippen LogP contribution in [0.3, 0.4) is 0 Å². The number of amides is 1. The fourth-order valence-electron chi connectivity index (χ4n) is 1.15. The molecule has 0 aromatic heterocycles. The first-order chi connectivity index (χ1) is 7.13. The fraction of sp³-hybridized carbons (Fsp3) is 0.364. The molecule has 0 aliphatic rings. The maximum atomic E-state index is 11.4. The van der Waals surface area contributed by atoms with Crippen LogP contribution >= 0.6 is 15.9 Å². The number of anilines is 1. The SMILES string of the molecule is CCOCC(=O)Nc1ccc(Br)cc1C. The molecular formula is C11H14BrNO2. The number of hydrogen-bond acceptors (Lipinski definition) is 2. The molecular weight excluding hydrogens is 258 g/mol. The molecule has 0 fully saturated rings. The normalized spacial score (nSPS) is 10.1. The topological polar surface area (TPSA) is 38.3 Å². The molecule has 0 aliphatic heterocycles. The highest BCUT2D eigenvalue weighted by Crippen LogP contribution is 2.19. The minimum Gasteiger partial charge on any atom is -0.372 e. The molecule has 15 heavy (non-hydrogen) atoms. The maximum absolute atomic E-state index is 11.4. The zero-order valence-corrected chi connectivity index (χ0v) is 10.4. The van der Waals surface area contributed by atoms with E-state index in [-0.39, 0.29) is 12.5 Å². The van der Waals surface area contributed by atoms with E-state index in [0.717, 1.165) is 15.7 Å². The van der Waals surface area contributed by atoms with E-state index in [1.807, 2.05) is 32.0 Å². The molecule has 1 rings (SSSR count). The third-order valence-corrected chi connectivity index (χ3v) is 2.39. The highest BCUT2D eigenvalue weighted by atomic mass is 79.9. The van der Waals surface area contributed by atoms with Crippen LogP contribution in [0, 0.1) is 6.92 Å². The molecule has 82 valence electrons. The van der Waals surface area contributed by atoms with Crippen molar-refractivity contribution in [2.45, 2.75) is 13.8 Å². The highest BCUT2D eigenvalue weighted by Gasteiger charge is 2.04. The van der Waals surface area contributed by atoms with Crippen molar-refractivity contribution in [3.05, 3.63) is 28.2 Å². The van der Waals surface area contributed by atoms with E-state index in [1.54, 1.807) is 0 Å². The second-order valence-electron chi connectivity index (χ2n) is 3.14. The lowest BCUT2D eigenvalue weighted by molar-refractivity contribution is -0.120. The quantitative estimate of drug-likeness (QED) is 0.915. The van der Waals surface area contributed by atoms with Crippen molar-refractivity contribution in [1.82, 2.24) is 0 Å². The molecule has 4 heteroatoms. The first-order valence-electron chi connectivity index (χ1n) is 4.77. The van der Waals surface area contributed by atoms with Crippen LogP contribution in [0.1, 0.15) is 12.5 Å². The van der Waals surface area contributed by atoms with E-state index in [9.17, 15) is 4.79 Å². The summed E-state index contributed by atoms with van der Waals surface area (Å²) in [7, 11) is 0. The molecule has 0 spiro atoms. The molecule has 0 unspecified atom stereocenters. The van der Waals surface area contributed by atoms with E-state index in [4.69, 9.17) is 4.74 Å². The highest BCUT2D eigenvalue weighted by molar-refractivity contribution is 9.10. The van der Waals surface area contributed by atoms with E-state index in [2.05, 4.69) is 21.2 Å². The zero-order chi connectivity index (χ0) is 11.3. The first kappa shape index (κ1) is 12.2. The Morgan fingerprint density at radius 1 is 1.53 bits per heavy atom. The molecule has 0 heterocycles. The van der Waals surface area contributed by atoms with Crippen LogP contribution < -0.4 is 5.32 Å². The summed E-state index contributed by atoms with van der Waals surface area (Å²) in [5, 5.41) is 2.79. The predicted octanol–water partition coefficient (Wildman–Crippen LogP) is 2.73. The largest absolute Gasteiger partial charge is 0.372 e. The van der Waals surface area contributed by atoms with Gasteiger partial charge in [0.1, 0.15) is 6.61 Å². The van der Waals surface area contributed by atoms with Gasteiger partial charge in [0.15, 0.2) is 0 Å². The summed E-state index contributed by atoms with van der Waals surface area (Å²) in [6.45, 7) is 4.46. The number of aryl methyl sites for hydroxylation is 1. The Labute approximate surface area is 97.9 Å². The molecule has 0 aliphatic carbocycles. The summed E-state index contributed by atoms with van der Waals surface area (Å²) in [4.78, 5) is 11.4. The van der Waals surface area contributed by atoms with Crippen LogP contribution in [0.25, 0.3) is 0 Å². The van der Waals surface area contributed by atoms with Crippen LogP contribution in [-0.2, 0) is 9.53 Å². The average molecular weight is 272 g/mol. The standard InChI is InChI=1S/C11H14BrNO2/c1-3-15-7-11(14)13-10-5-4-9(12)6-8(10)2/h4-6H,3,7H2,1-2H3,(H,13,14). The van der Waals surface area contributed by atoms with Gasteiger partial charge in [0, 0.05) is 16.8 Å². The van der Waals surface area contributed by atoms with E-state index in [1.165, 1.54) is 0 Å². The smallest absolute Gasteiger partial charge is 0.250 e. The number of rotatable bonds is 4. The van der Waals surface area contributed by atoms with Crippen molar-refractivity contribution in [3.8, 4) is 0 Å². The van der Waals surface area contributed by atoms with Crippen molar-refractivity contribution < 1.29 is 9.53 Å². The van der Waals surface area contributed by atoms with Gasteiger partial charge in [0.05, 0.1) is 0 Å².